The van der Waals surface area contributed by atoms with Gasteiger partial charge in [0, 0.05) is 27.7 Å². The van der Waals surface area contributed by atoms with Crippen LogP contribution >= 0.6 is 15.9 Å². The molecule has 6 rings (SSSR count). The van der Waals surface area contributed by atoms with Gasteiger partial charge in [0.15, 0.2) is 6.10 Å². The second kappa shape index (κ2) is 12.6. The summed E-state index contributed by atoms with van der Waals surface area (Å²) in [4.78, 5) is 64.7. The maximum Gasteiger partial charge on any atom is 0.339 e. The highest BCUT2D eigenvalue weighted by Gasteiger charge is 2.37. The molecule has 0 unspecified atom stereocenters. The van der Waals surface area contributed by atoms with Gasteiger partial charge in [-0.15, -0.1) is 0 Å². The molecule has 0 saturated heterocycles. The van der Waals surface area contributed by atoms with Gasteiger partial charge in [-0.2, -0.15) is 0 Å². The first kappa shape index (κ1) is 30.1. The molecule has 0 spiro atoms. The summed E-state index contributed by atoms with van der Waals surface area (Å²) in [7, 11) is 0. The SMILES string of the molecule is O=C(O[C@@H](C(=O)c1ccccc1)c1ccc([N+](=O)[O-])cc1)c1ccc(N2C(=O)c3ccc(Oc4ccc(Br)cc4)cc3C2=O)cc1. The Morgan fingerprint density at radius 2 is 1.35 bits per heavy atom. The smallest absolute Gasteiger partial charge is 0.339 e. The number of benzene rings is 5. The molecule has 0 fully saturated rings. The van der Waals surface area contributed by atoms with E-state index in [-0.39, 0.29) is 39.2 Å². The van der Waals surface area contributed by atoms with E-state index in [1.165, 1.54) is 60.7 Å². The Balaban J connectivity index is 1.21. The van der Waals surface area contributed by atoms with Crippen molar-refractivity contribution in [3.05, 3.63) is 164 Å². The number of carbonyl (C=O) groups excluding carboxylic acids is 4. The fourth-order valence-corrected chi connectivity index (χ4v) is 5.14. The van der Waals surface area contributed by atoms with Crippen molar-refractivity contribution >= 4 is 50.9 Å². The molecule has 0 saturated carbocycles. The van der Waals surface area contributed by atoms with E-state index in [1.54, 1.807) is 48.5 Å². The molecule has 5 aromatic rings. The average molecular weight is 677 g/mol. The van der Waals surface area contributed by atoms with Crippen molar-refractivity contribution in [2.24, 2.45) is 0 Å². The van der Waals surface area contributed by atoms with Gasteiger partial charge in [-0.3, -0.25) is 24.5 Å². The molecule has 1 heterocycles. The highest BCUT2D eigenvalue weighted by atomic mass is 79.9. The van der Waals surface area contributed by atoms with Crippen molar-refractivity contribution in [3.8, 4) is 11.5 Å². The van der Waals surface area contributed by atoms with Gasteiger partial charge in [-0.05, 0) is 78.9 Å². The number of amides is 2. The Morgan fingerprint density at radius 3 is 2.00 bits per heavy atom. The number of non-ortho nitro benzene ring substituents is 1. The number of halogens is 1. The second-order valence-corrected chi connectivity index (χ2v) is 11.0. The molecule has 0 aliphatic carbocycles. The van der Waals surface area contributed by atoms with Crippen molar-refractivity contribution in [3.63, 3.8) is 0 Å². The Labute approximate surface area is 270 Å². The number of rotatable bonds is 9. The van der Waals surface area contributed by atoms with Gasteiger partial charge in [-0.1, -0.05) is 46.3 Å². The van der Waals surface area contributed by atoms with Crippen LogP contribution in [-0.2, 0) is 4.74 Å². The molecule has 1 aliphatic heterocycles. The first-order valence-electron chi connectivity index (χ1n) is 13.8. The number of hydrogen-bond acceptors (Lipinski definition) is 8. The number of Topliss-reactive ketones (excluding diaryl/α,β-unsaturated/α-hetero) is 1. The van der Waals surface area contributed by atoms with Gasteiger partial charge in [0.2, 0.25) is 5.78 Å². The summed E-state index contributed by atoms with van der Waals surface area (Å²) < 4.78 is 12.4. The van der Waals surface area contributed by atoms with Crippen LogP contribution in [0.2, 0.25) is 0 Å². The number of nitro groups is 1. The number of anilines is 1. The molecule has 0 N–H and O–H groups in total. The van der Waals surface area contributed by atoms with E-state index in [2.05, 4.69) is 15.9 Å². The van der Waals surface area contributed by atoms with Gasteiger partial charge in [0.1, 0.15) is 11.5 Å². The first-order valence-corrected chi connectivity index (χ1v) is 14.6. The maximum atomic E-state index is 13.4. The van der Waals surface area contributed by atoms with Crippen molar-refractivity contribution < 1.29 is 33.6 Å². The van der Waals surface area contributed by atoms with E-state index in [1.807, 2.05) is 12.1 Å². The molecule has 1 atom stereocenters. The number of ketones is 1. The number of nitro benzene ring substituents is 1. The first-order chi connectivity index (χ1) is 22.2. The Hall–Kier alpha value is -5.94. The predicted molar refractivity (Wildman–Crippen MR) is 170 cm³/mol. The molecule has 10 nitrogen and oxygen atoms in total. The molecule has 46 heavy (non-hydrogen) atoms. The minimum absolute atomic E-state index is 0.0540. The number of imide groups is 1. The van der Waals surface area contributed by atoms with Crippen LogP contribution in [0, 0.1) is 10.1 Å². The zero-order valence-corrected chi connectivity index (χ0v) is 25.2. The predicted octanol–water partition coefficient (Wildman–Crippen LogP) is 7.73. The van der Waals surface area contributed by atoms with Crippen LogP contribution < -0.4 is 9.64 Å². The third-order valence-electron chi connectivity index (χ3n) is 7.20. The lowest BCUT2D eigenvalue weighted by Gasteiger charge is -2.18. The summed E-state index contributed by atoms with van der Waals surface area (Å²) >= 11 is 3.37. The Kier molecular flexibility index (Phi) is 8.23. The zero-order valence-electron chi connectivity index (χ0n) is 23.7. The lowest BCUT2D eigenvalue weighted by atomic mass is 9.99. The summed E-state index contributed by atoms with van der Waals surface area (Å²) in [6.07, 6.45) is -1.39. The number of nitrogens with zero attached hydrogens (tertiary/aromatic N) is 2. The van der Waals surface area contributed by atoms with Gasteiger partial charge in [0.05, 0.1) is 27.3 Å². The molecular weight excluding hydrogens is 656 g/mol. The van der Waals surface area contributed by atoms with Gasteiger partial charge in [0.25, 0.3) is 17.5 Å². The maximum absolute atomic E-state index is 13.4. The zero-order chi connectivity index (χ0) is 32.4. The topological polar surface area (TPSA) is 133 Å². The van der Waals surface area contributed by atoms with Crippen LogP contribution in [0.5, 0.6) is 11.5 Å². The number of esters is 1. The Bertz CT molecular complexity index is 1990. The molecule has 0 radical (unpaired) electrons. The third kappa shape index (κ3) is 6.04. The lowest BCUT2D eigenvalue weighted by Crippen LogP contribution is -2.29. The fourth-order valence-electron chi connectivity index (χ4n) is 4.88. The Morgan fingerprint density at radius 1 is 0.717 bits per heavy atom. The summed E-state index contributed by atoms with van der Waals surface area (Å²) in [5, 5.41) is 11.1. The summed E-state index contributed by atoms with van der Waals surface area (Å²) in [5.74, 6) is -1.51. The average Bonchev–Trinajstić information content (AvgIpc) is 3.33. The fraction of sp³-hybridized carbons (Fsp3) is 0.0286. The van der Waals surface area contributed by atoms with E-state index in [0.717, 1.165) is 9.37 Å². The molecular formula is C35H21BrN2O8. The molecule has 5 aromatic carbocycles. The number of ether oxygens (including phenoxy) is 2. The van der Waals surface area contributed by atoms with Gasteiger partial charge < -0.3 is 9.47 Å². The highest BCUT2D eigenvalue weighted by molar-refractivity contribution is 9.10. The molecule has 0 aromatic heterocycles. The number of fused-ring (bicyclic) bond motifs is 1. The van der Waals surface area contributed by atoms with E-state index in [0.29, 0.717) is 11.5 Å². The van der Waals surface area contributed by atoms with Gasteiger partial charge in [-0.25, -0.2) is 9.69 Å². The van der Waals surface area contributed by atoms with Crippen LogP contribution in [0.4, 0.5) is 11.4 Å². The van der Waals surface area contributed by atoms with Crippen LogP contribution in [0.3, 0.4) is 0 Å². The van der Waals surface area contributed by atoms with Crippen LogP contribution in [0.15, 0.2) is 126 Å². The van der Waals surface area contributed by atoms with Crippen molar-refractivity contribution in [1.29, 1.82) is 0 Å². The minimum atomic E-state index is -1.39. The van der Waals surface area contributed by atoms with Crippen molar-refractivity contribution in [2.45, 2.75) is 6.10 Å². The standard InChI is InChI=1S/C35H21BrN2O8/c36-24-10-16-27(17-11-24)45-28-18-19-29-30(20-28)34(41)37(33(29)40)25-12-8-23(9-13-25)35(42)46-32(31(39)21-4-2-1-3-5-21)22-6-14-26(15-7-22)38(43)44/h1-20,32H/t32-/m1/s1. The highest BCUT2D eigenvalue weighted by Crippen LogP contribution is 2.33. The van der Waals surface area contributed by atoms with E-state index >= 15 is 0 Å². The molecule has 11 heteroatoms. The van der Waals surface area contributed by atoms with Crippen LogP contribution in [0.1, 0.15) is 53.1 Å². The monoisotopic (exact) mass is 676 g/mol. The molecule has 1 aliphatic rings. The molecule has 0 bridgehead atoms. The van der Waals surface area contributed by atoms with E-state index in [9.17, 15) is 29.3 Å². The minimum Gasteiger partial charge on any atom is -0.457 e. The number of hydrogen-bond donors (Lipinski definition) is 0. The largest absolute Gasteiger partial charge is 0.457 e. The summed E-state index contributed by atoms with van der Waals surface area (Å²) in [6.45, 7) is 0. The normalized spacial score (nSPS) is 12.8. The third-order valence-corrected chi connectivity index (χ3v) is 7.73. The van der Waals surface area contributed by atoms with E-state index in [4.69, 9.17) is 9.47 Å². The quantitative estimate of drug-likeness (QED) is 0.0509. The van der Waals surface area contributed by atoms with Crippen LogP contribution in [0.25, 0.3) is 0 Å². The van der Waals surface area contributed by atoms with Crippen molar-refractivity contribution in [1.82, 2.24) is 0 Å². The number of carbonyl (C=O) groups is 4. The molecule has 2 amide bonds. The second-order valence-electron chi connectivity index (χ2n) is 10.1. The van der Waals surface area contributed by atoms with Gasteiger partial charge >= 0.3 is 5.97 Å². The van der Waals surface area contributed by atoms with Crippen molar-refractivity contribution in [2.75, 3.05) is 4.90 Å². The summed E-state index contributed by atoms with van der Waals surface area (Å²) in [6, 6.07) is 30.8. The summed E-state index contributed by atoms with van der Waals surface area (Å²) in [5.41, 5.74) is 1.02. The lowest BCUT2D eigenvalue weighted by molar-refractivity contribution is -0.384. The van der Waals surface area contributed by atoms with Crippen LogP contribution in [-0.4, -0.2) is 28.5 Å². The molecule has 226 valence electrons. The van der Waals surface area contributed by atoms with E-state index < -0.39 is 34.6 Å².